The van der Waals surface area contributed by atoms with E-state index in [1.165, 1.54) is 0 Å². The Morgan fingerprint density at radius 2 is 1.19 bits per heavy atom. The van der Waals surface area contributed by atoms with Crippen molar-refractivity contribution in [3.8, 4) is 0 Å². The lowest BCUT2D eigenvalue weighted by atomic mass is 10.5. The number of hydrogen-bond acceptors (Lipinski definition) is 5. The van der Waals surface area contributed by atoms with Crippen molar-refractivity contribution in [1.29, 1.82) is 0 Å². The molecule has 15 heteroatoms. The molecule has 0 saturated carbocycles. The van der Waals surface area contributed by atoms with Crippen molar-refractivity contribution in [1.82, 2.24) is 0 Å². The quantitative estimate of drug-likeness (QED) is 0.731. The van der Waals surface area contributed by atoms with Crippen molar-refractivity contribution in [3.05, 3.63) is 0 Å². The summed E-state index contributed by atoms with van der Waals surface area (Å²) in [6, 6.07) is 0. The van der Waals surface area contributed by atoms with Crippen LogP contribution in [0.2, 0.25) is 0 Å². The van der Waals surface area contributed by atoms with Crippen LogP contribution in [0.1, 0.15) is 6.42 Å². The zero-order valence-corrected chi connectivity index (χ0v) is 11.0. The van der Waals surface area contributed by atoms with Gasteiger partial charge < -0.3 is 5.11 Å². The minimum atomic E-state index is -7.19. The lowest BCUT2D eigenvalue weighted by molar-refractivity contribution is -0.241. The van der Waals surface area contributed by atoms with Crippen LogP contribution in [0, 0.1) is 0 Å². The SMILES string of the molecule is O=S(=O)(C(CCO)S(=O)(=O)C(F)(F)C(F)(F)F)C(F)(F)F. The van der Waals surface area contributed by atoms with E-state index in [1.54, 1.807) is 0 Å². The Hall–Kier alpha value is -0.700. The summed E-state index contributed by atoms with van der Waals surface area (Å²) in [7, 11) is -14.1. The fraction of sp³-hybridized carbons (Fsp3) is 1.00. The second-order valence-corrected chi connectivity index (χ2v) is 8.08. The topological polar surface area (TPSA) is 88.5 Å². The number of hydrogen-bond donors (Lipinski definition) is 1. The summed E-state index contributed by atoms with van der Waals surface area (Å²) >= 11 is 0. The second-order valence-electron chi connectivity index (χ2n) is 3.49. The van der Waals surface area contributed by atoms with Crippen molar-refractivity contribution in [2.24, 2.45) is 0 Å². The van der Waals surface area contributed by atoms with E-state index in [9.17, 15) is 52.0 Å². The molecule has 1 N–H and O–H groups in total. The third kappa shape index (κ3) is 3.39. The molecule has 5 nitrogen and oxygen atoms in total. The Balaban J connectivity index is 6.29. The fourth-order valence-corrected chi connectivity index (χ4v) is 4.86. The van der Waals surface area contributed by atoms with Crippen LogP contribution in [0.15, 0.2) is 0 Å². The predicted molar refractivity (Wildman–Crippen MR) is 50.4 cm³/mol. The average molecular weight is 374 g/mol. The first-order chi connectivity index (χ1) is 8.94. The van der Waals surface area contributed by atoms with Gasteiger partial charge in [-0.25, -0.2) is 16.8 Å². The van der Waals surface area contributed by atoms with Crippen LogP contribution in [0.5, 0.6) is 0 Å². The van der Waals surface area contributed by atoms with E-state index in [0.29, 0.717) is 0 Å². The highest BCUT2D eigenvalue weighted by atomic mass is 32.3. The van der Waals surface area contributed by atoms with E-state index in [2.05, 4.69) is 0 Å². The molecule has 0 fully saturated rings. The Morgan fingerprint density at radius 1 is 0.810 bits per heavy atom. The number of aliphatic hydroxyl groups is 1. The lowest BCUT2D eigenvalue weighted by Crippen LogP contribution is -2.52. The Kier molecular flexibility index (Phi) is 5.31. The van der Waals surface area contributed by atoms with Crippen molar-refractivity contribution >= 4 is 19.7 Å². The molecular weight excluding hydrogens is 368 g/mol. The van der Waals surface area contributed by atoms with Gasteiger partial charge in [-0.1, -0.05) is 0 Å². The van der Waals surface area contributed by atoms with E-state index >= 15 is 0 Å². The Bertz CT molecular complexity index is 571. The summed E-state index contributed by atoms with van der Waals surface area (Å²) < 4.78 is 137. The molecule has 0 aromatic heterocycles. The van der Waals surface area contributed by atoms with Gasteiger partial charge in [-0.05, 0) is 0 Å². The molecular formula is C6H6F8O5S2. The maximum atomic E-state index is 12.8. The van der Waals surface area contributed by atoms with Crippen LogP contribution in [0.25, 0.3) is 0 Å². The van der Waals surface area contributed by atoms with E-state index in [1.807, 2.05) is 0 Å². The van der Waals surface area contributed by atoms with Crippen LogP contribution in [0.4, 0.5) is 35.1 Å². The number of halogens is 8. The summed E-state index contributed by atoms with van der Waals surface area (Å²) in [5, 5.41) is 1.54. The highest BCUT2D eigenvalue weighted by Crippen LogP contribution is 2.45. The van der Waals surface area contributed by atoms with Crippen LogP contribution < -0.4 is 0 Å². The molecule has 1 unspecified atom stereocenters. The van der Waals surface area contributed by atoms with E-state index in [0.717, 1.165) is 0 Å². The van der Waals surface area contributed by atoms with Gasteiger partial charge in [0, 0.05) is 13.0 Å². The molecule has 0 radical (unpaired) electrons. The van der Waals surface area contributed by atoms with Crippen LogP contribution in [0.3, 0.4) is 0 Å². The number of aliphatic hydroxyl groups excluding tert-OH is 1. The minimum absolute atomic E-state index is 1.69. The van der Waals surface area contributed by atoms with E-state index in [4.69, 9.17) is 5.11 Å². The number of alkyl halides is 8. The maximum Gasteiger partial charge on any atom is 0.498 e. The van der Waals surface area contributed by atoms with Crippen LogP contribution in [-0.4, -0.2) is 50.1 Å². The monoisotopic (exact) mass is 374 g/mol. The first kappa shape index (κ1) is 20.3. The summed E-state index contributed by atoms with van der Waals surface area (Å²) in [6.45, 7) is -1.69. The Labute approximate surface area is 112 Å². The van der Waals surface area contributed by atoms with Crippen LogP contribution in [-0.2, 0) is 19.7 Å². The third-order valence-electron chi connectivity index (χ3n) is 2.07. The van der Waals surface area contributed by atoms with Gasteiger partial charge in [0.1, 0.15) is 0 Å². The molecule has 1 atom stereocenters. The van der Waals surface area contributed by atoms with Gasteiger partial charge in [0.15, 0.2) is 4.58 Å². The second kappa shape index (κ2) is 5.49. The van der Waals surface area contributed by atoms with Gasteiger partial charge in [0.05, 0.1) is 0 Å². The molecule has 0 amide bonds. The zero-order chi connectivity index (χ0) is 17.5. The average Bonchev–Trinajstić information content (AvgIpc) is 2.21. The van der Waals surface area contributed by atoms with Gasteiger partial charge in [-0.3, -0.25) is 0 Å². The molecule has 0 aromatic carbocycles. The number of sulfone groups is 2. The van der Waals surface area contributed by atoms with Crippen LogP contribution >= 0.6 is 0 Å². The largest absolute Gasteiger partial charge is 0.498 e. The Morgan fingerprint density at radius 3 is 1.43 bits per heavy atom. The normalized spacial score (nSPS) is 16.8. The molecule has 0 heterocycles. The molecule has 0 aliphatic carbocycles. The van der Waals surface area contributed by atoms with Gasteiger partial charge in [-0.15, -0.1) is 0 Å². The molecule has 0 bridgehead atoms. The molecule has 21 heavy (non-hydrogen) atoms. The first-order valence-electron chi connectivity index (χ1n) is 4.53. The molecule has 0 rings (SSSR count). The molecule has 0 aromatic rings. The van der Waals surface area contributed by atoms with Gasteiger partial charge in [0.25, 0.3) is 9.84 Å². The highest BCUT2D eigenvalue weighted by Gasteiger charge is 2.72. The summed E-state index contributed by atoms with van der Waals surface area (Å²) in [5.74, 6) is 0. The summed E-state index contributed by atoms with van der Waals surface area (Å²) in [4.78, 5) is 0. The van der Waals surface area contributed by atoms with E-state index in [-0.39, 0.29) is 0 Å². The minimum Gasteiger partial charge on any atom is -0.396 e. The maximum absolute atomic E-state index is 12.8. The van der Waals surface area contributed by atoms with Crippen molar-refractivity contribution in [2.45, 2.75) is 27.9 Å². The molecule has 128 valence electrons. The van der Waals surface area contributed by atoms with Crippen molar-refractivity contribution in [3.63, 3.8) is 0 Å². The summed E-state index contributed by atoms with van der Waals surface area (Å²) in [5.41, 5.74) is -6.40. The predicted octanol–water partition coefficient (Wildman–Crippen LogP) is 1.20. The smallest absolute Gasteiger partial charge is 0.396 e. The molecule has 0 saturated heterocycles. The number of rotatable bonds is 5. The van der Waals surface area contributed by atoms with E-state index < -0.39 is 54.2 Å². The zero-order valence-electron chi connectivity index (χ0n) is 9.41. The third-order valence-corrected chi connectivity index (χ3v) is 7.03. The molecule has 0 spiro atoms. The first-order valence-corrected chi connectivity index (χ1v) is 7.63. The fourth-order valence-electron chi connectivity index (χ4n) is 1.06. The van der Waals surface area contributed by atoms with Crippen molar-refractivity contribution in [2.75, 3.05) is 6.61 Å². The van der Waals surface area contributed by atoms with Crippen molar-refractivity contribution < 1.29 is 57.1 Å². The highest BCUT2D eigenvalue weighted by molar-refractivity contribution is 8.10. The molecule has 0 aliphatic rings. The van der Waals surface area contributed by atoms with Gasteiger partial charge in [0.2, 0.25) is 9.84 Å². The lowest BCUT2D eigenvalue weighted by Gasteiger charge is -2.25. The molecule has 0 aliphatic heterocycles. The summed E-state index contributed by atoms with van der Waals surface area (Å²) in [6.07, 6.45) is -8.84. The standard InChI is InChI=1S/C6H6F8O5S2/c7-4(8,9)5(10,11)20(16,17)3(1-2-15)21(18,19)6(12,13)14/h3,15H,1-2H2. The van der Waals surface area contributed by atoms with Gasteiger partial charge >= 0.3 is 16.9 Å². The van der Waals surface area contributed by atoms with Gasteiger partial charge in [-0.2, -0.15) is 35.1 Å².